The highest BCUT2D eigenvalue weighted by Gasteiger charge is 2.37. The van der Waals surface area contributed by atoms with Crippen molar-refractivity contribution in [2.45, 2.75) is 18.6 Å². The van der Waals surface area contributed by atoms with E-state index in [9.17, 15) is 18.0 Å². The molecular formula is C13H10ClF3N4OS. The molecule has 1 amide bonds. The maximum absolute atomic E-state index is 12.5. The number of carbonyl (C=O) groups is 1. The van der Waals surface area contributed by atoms with Crippen molar-refractivity contribution < 1.29 is 18.0 Å². The monoisotopic (exact) mass is 362 g/mol. The summed E-state index contributed by atoms with van der Waals surface area (Å²) in [6, 6.07) is 6.20. The predicted molar refractivity (Wildman–Crippen MR) is 80.7 cm³/mol. The average molecular weight is 363 g/mol. The number of anilines is 2. The van der Waals surface area contributed by atoms with Gasteiger partial charge in [-0.1, -0.05) is 29.0 Å². The minimum absolute atomic E-state index is 0.0244. The number of rotatable bonds is 3. The summed E-state index contributed by atoms with van der Waals surface area (Å²) in [6.07, 6.45) is -4.09. The van der Waals surface area contributed by atoms with Crippen molar-refractivity contribution in [3.05, 3.63) is 34.3 Å². The van der Waals surface area contributed by atoms with Gasteiger partial charge in [0.15, 0.2) is 0 Å². The molecule has 1 aliphatic rings. The summed E-state index contributed by atoms with van der Waals surface area (Å²) in [6.45, 7) is 0.446. The Hall–Kier alpha value is -1.87. The quantitative estimate of drug-likeness (QED) is 0.908. The van der Waals surface area contributed by atoms with E-state index in [1.807, 2.05) is 0 Å². The Morgan fingerprint density at radius 2 is 2.13 bits per heavy atom. The van der Waals surface area contributed by atoms with Crippen LogP contribution >= 0.6 is 22.9 Å². The Labute approximate surface area is 138 Å². The molecule has 0 bridgehead atoms. The Bertz CT molecular complexity index is 736. The molecule has 2 heterocycles. The molecule has 1 aromatic heterocycles. The number of nitrogens with zero attached hydrogens (tertiary/aromatic N) is 3. The number of carbonyl (C=O) groups excluding carboxylic acids is 1. The molecule has 23 heavy (non-hydrogen) atoms. The molecule has 0 spiro atoms. The van der Waals surface area contributed by atoms with Gasteiger partial charge in [0, 0.05) is 17.3 Å². The van der Waals surface area contributed by atoms with E-state index >= 15 is 0 Å². The lowest BCUT2D eigenvalue weighted by Crippen LogP contribution is -2.33. The highest BCUT2D eigenvalue weighted by atomic mass is 35.5. The number of nitrogens with one attached hydrogen (secondary N) is 1. The summed E-state index contributed by atoms with van der Waals surface area (Å²) in [5.41, 5.74) is 0.653. The van der Waals surface area contributed by atoms with E-state index in [1.54, 1.807) is 24.3 Å². The highest BCUT2D eigenvalue weighted by Crippen LogP contribution is 2.34. The molecule has 3 rings (SSSR count). The number of hydrogen-bond donors (Lipinski definition) is 1. The minimum Gasteiger partial charge on any atom is -0.348 e. The highest BCUT2D eigenvalue weighted by molar-refractivity contribution is 7.15. The first-order chi connectivity index (χ1) is 10.8. The number of hydrogen-bond acceptors (Lipinski definition) is 5. The van der Waals surface area contributed by atoms with E-state index < -0.39 is 17.2 Å². The van der Waals surface area contributed by atoms with Crippen molar-refractivity contribution in [2.75, 3.05) is 16.8 Å². The summed E-state index contributed by atoms with van der Waals surface area (Å²) in [5.74, 6) is -0.240. The third kappa shape index (κ3) is 3.40. The molecule has 0 radical (unpaired) electrons. The second-order valence-electron chi connectivity index (χ2n) is 4.87. The second-order valence-corrected chi connectivity index (χ2v) is 6.28. The number of halogens is 4. The van der Waals surface area contributed by atoms with Gasteiger partial charge in [-0.25, -0.2) is 0 Å². The molecule has 1 unspecified atom stereocenters. The normalized spacial score (nSPS) is 18.5. The second kappa shape index (κ2) is 5.97. The number of benzene rings is 1. The number of amides is 1. The van der Waals surface area contributed by atoms with Crippen molar-refractivity contribution in [3.8, 4) is 0 Å². The first kappa shape index (κ1) is 16.0. The molecule has 5 nitrogen and oxygen atoms in total. The van der Waals surface area contributed by atoms with Gasteiger partial charge in [0.25, 0.3) is 0 Å². The standard InChI is InChI=1S/C13H10ClF3N4OS/c14-7-2-1-3-8(6-7)21-5-4-9(10(21)22)18-12-20-19-11(23-12)13(15,16)17/h1-3,6,9H,4-5H2,(H,18,20). The van der Waals surface area contributed by atoms with Crippen LogP contribution in [0.15, 0.2) is 24.3 Å². The Balaban J connectivity index is 1.71. The minimum atomic E-state index is -4.54. The lowest BCUT2D eigenvalue weighted by atomic mass is 10.2. The zero-order chi connectivity index (χ0) is 16.6. The van der Waals surface area contributed by atoms with Gasteiger partial charge in [-0.3, -0.25) is 4.79 Å². The summed E-state index contributed by atoms with van der Waals surface area (Å²) < 4.78 is 37.5. The van der Waals surface area contributed by atoms with Crippen LogP contribution in [0.25, 0.3) is 0 Å². The Morgan fingerprint density at radius 1 is 1.35 bits per heavy atom. The number of aromatic nitrogens is 2. The van der Waals surface area contributed by atoms with Gasteiger partial charge in [-0.05, 0) is 24.6 Å². The molecule has 1 aliphatic heterocycles. The van der Waals surface area contributed by atoms with Crippen LogP contribution in [0.4, 0.5) is 24.0 Å². The van der Waals surface area contributed by atoms with Crippen LogP contribution in [0.5, 0.6) is 0 Å². The fourth-order valence-corrected chi connectivity index (χ4v) is 3.11. The molecule has 10 heteroatoms. The number of alkyl halides is 3. The van der Waals surface area contributed by atoms with E-state index in [-0.39, 0.29) is 11.0 Å². The van der Waals surface area contributed by atoms with Crippen LogP contribution < -0.4 is 10.2 Å². The van der Waals surface area contributed by atoms with E-state index in [2.05, 4.69) is 15.5 Å². The summed E-state index contributed by atoms with van der Waals surface area (Å²) in [5, 5.41) is 8.67. The third-order valence-electron chi connectivity index (χ3n) is 3.29. The zero-order valence-corrected chi connectivity index (χ0v) is 13.0. The van der Waals surface area contributed by atoms with Crippen molar-refractivity contribution in [1.29, 1.82) is 0 Å². The predicted octanol–water partition coefficient (Wildman–Crippen LogP) is 3.43. The van der Waals surface area contributed by atoms with E-state index in [0.29, 0.717) is 35.0 Å². The fraction of sp³-hybridized carbons (Fsp3) is 0.308. The van der Waals surface area contributed by atoms with Gasteiger partial charge in [0.05, 0.1) is 0 Å². The third-order valence-corrected chi connectivity index (χ3v) is 4.42. The zero-order valence-electron chi connectivity index (χ0n) is 11.5. The first-order valence-corrected chi connectivity index (χ1v) is 7.78. The van der Waals surface area contributed by atoms with Gasteiger partial charge < -0.3 is 10.2 Å². The molecular weight excluding hydrogens is 353 g/mol. The van der Waals surface area contributed by atoms with Crippen molar-refractivity contribution in [2.24, 2.45) is 0 Å². The van der Waals surface area contributed by atoms with Gasteiger partial charge in [-0.2, -0.15) is 13.2 Å². The van der Waals surface area contributed by atoms with Crippen LogP contribution in [0.1, 0.15) is 11.4 Å². The van der Waals surface area contributed by atoms with E-state index in [4.69, 9.17) is 11.6 Å². The van der Waals surface area contributed by atoms with Gasteiger partial charge >= 0.3 is 6.18 Å². The lowest BCUT2D eigenvalue weighted by molar-refractivity contribution is -0.138. The van der Waals surface area contributed by atoms with Crippen LogP contribution in [-0.4, -0.2) is 28.7 Å². The molecule has 122 valence electrons. The Kier molecular flexibility index (Phi) is 4.15. The molecule has 0 saturated carbocycles. The molecule has 1 aromatic carbocycles. The lowest BCUT2D eigenvalue weighted by Gasteiger charge is -2.17. The molecule has 2 aromatic rings. The molecule has 1 fully saturated rings. The van der Waals surface area contributed by atoms with Gasteiger partial charge in [0.1, 0.15) is 6.04 Å². The van der Waals surface area contributed by atoms with E-state index in [1.165, 1.54) is 4.90 Å². The first-order valence-electron chi connectivity index (χ1n) is 6.59. The molecule has 1 N–H and O–H groups in total. The molecule has 1 atom stereocenters. The van der Waals surface area contributed by atoms with Crippen LogP contribution in [-0.2, 0) is 11.0 Å². The average Bonchev–Trinajstić information content (AvgIpc) is 3.07. The largest absolute Gasteiger partial charge is 0.445 e. The maximum atomic E-state index is 12.5. The molecule has 1 saturated heterocycles. The van der Waals surface area contributed by atoms with Crippen molar-refractivity contribution in [3.63, 3.8) is 0 Å². The van der Waals surface area contributed by atoms with Crippen molar-refractivity contribution in [1.82, 2.24) is 10.2 Å². The topological polar surface area (TPSA) is 58.1 Å². The van der Waals surface area contributed by atoms with Crippen LogP contribution in [0.2, 0.25) is 5.02 Å². The summed E-state index contributed by atoms with van der Waals surface area (Å²) >= 11 is 6.28. The fourth-order valence-electron chi connectivity index (χ4n) is 2.26. The van der Waals surface area contributed by atoms with Crippen LogP contribution in [0, 0.1) is 0 Å². The SMILES string of the molecule is O=C1C(Nc2nnc(C(F)(F)F)s2)CCN1c1cccc(Cl)c1. The van der Waals surface area contributed by atoms with Crippen molar-refractivity contribution >= 4 is 39.7 Å². The molecule has 0 aliphatic carbocycles. The maximum Gasteiger partial charge on any atom is 0.445 e. The smallest absolute Gasteiger partial charge is 0.348 e. The van der Waals surface area contributed by atoms with Gasteiger partial charge in [-0.15, -0.1) is 10.2 Å². The summed E-state index contributed by atoms with van der Waals surface area (Å²) in [4.78, 5) is 13.9. The van der Waals surface area contributed by atoms with Gasteiger partial charge in [0.2, 0.25) is 16.0 Å². The Morgan fingerprint density at radius 3 is 2.78 bits per heavy atom. The van der Waals surface area contributed by atoms with E-state index in [0.717, 1.165) is 0 Å². The summed E-state index contributed by atoms with van der Waals surface area (Å²) in [7, 11) is 0. The van der Waals surface area contributed by atoms with Crippen LogP contribution in [0.3, 0.4) is 0 Å².